The van der Waals surface area contributed by atoms with Gasteiger partial charge in [-0.05, 0) is 25.7 Å². The highest BCUT2D eigenvalue weighted by Gasteiger charge is 2.34. The molecular formula is C19H34O4S. The monoisotopic (exact) mass is 358 g/mol. The van der Waals surface area contributed by atoms with E-state index in [-0.39, 0.29) is 18.4 Å². The van der Waals surface area contributed by atoms with Crippen LogP contribution in [0.3, 0.4) is 0 Å². The van der Waals surface area contributed by atoms with Crippen molar-refractivity contribution in [2.24, 2.45) is 5.92 Å². The van der Waals surface area contributed by atoms with E-state index in [1.165, 1.54) is 12.8 Å². The fraction of sp³-hybridized carbons (Fsp3) is 0.895. The van der Waals surface area contributed by atoms with Crippen LogP contribution in [0.5, 0.6) is 0 Å². The summed E-state index contributed by atoms with van der Waals surface area (Å²) in [6.45, 7) is 2.16. The molecule has 0 saturated heterocycles. The zero-order valence-corrected chi connectivity index (χ0v) is 15.9. The van der Waals surface area contributed by atoms with Crippen LogP contribution in [0.25, 0.3) is 0 Å². The summed E-state index contributed by atoms with van der Waals surface area (Å²) in [5.41, 5.74) is 0. The second-order valence-corrected chi connectivity index (χ2v) is 8.25. The van der Waals surface area contributed by atoms with Gasteiger partial charge >= 0.3 is 5.97 Å². The summed E-state index contributed by atoms with van der Waals surface area (Å²) in [4.78, 5) is 22.6. The van der Waals surface area contributed by atoms with E-state index in [1.54, 1.807) is 11.8 Å². The minimum absolute atomic E-state index is 0.150. The van der Waals surface area contributed by atoms with Gasteiger partial charge in [0.15, 0.2) is 0 Å². The summed E-state index contributed by atoms with van der Waals surface area (Å²) in [7, 11) is 0. The molecule has 0 bridgehead atoms. The first-order valence-corrected chi connectivity index (χ1v) is 10.6. The largest absolute Gasteiger partial charge is 0.481 e. The molecule has 0 aromatic heterocycles. The Hall–Kier alpha value is -0.550. The second kappa shape index (κ2) is 12.8. The van der Waals surface area contributed by atoms with Gasteiger partial charge in [0.25, 0.3) is 0 Å². The average Bonchev–Trinajstić information content (AvgIpc) is 2.89. The quantitative estimate of drug-likeness (QED) is 0.449. The number of thioether (sulfide) groups is 1. The average molecular weight is 359 g/mol. The van der Waals surface area contributed by atoms with E-state index in [2.05, 4.69) is 6.92 Å². The number of aliphatic hydroxyl groups excluding tert-OH is 1. The molecule has 0 radical (unpaired) electrons. The summed E-state index contributed by atoms with van der Waals surface area (Å²) < 4.78 is 0. The van der Waals surface area contributed by atoms with E-state index in [0.717, 1.165) is 57.1 Å². The third-order valence-corrected chi connectivity index (χ3v) is 6.41. The Morgan fingerprint density at radius 1 is 1.21 bits per heavy atom. The highest BCUT2D eigenvalue weighted by molar-refractivity contribution is 8.00. The molecule has 5 heteroatoms. The van der Waals surface area contributed by atoms with Crippen LogP contribution >= 0.6 is 11.8 Å². The third kappa shape index (κ3) is 9.07. The molecule has 2 N–H and O–H groups in total. The lowest BCUT2D eigenvalue weighted by Gasteiger charge is -2.19. The van der Waals surface area contributed by atoms with Crippen molar-refractivity contribution in [3.05, 3.63) is 0 Å². The molecule has 0 aromatic rings. The topological polar surface area (TPSA) is 74.6 Å². The summed E-state index contributed by atoms with van der Waals surface area (Å²) in [5, 5.41) is 19.0. The molecule has 0 amide bonds. The molecule has 1 aliphatic rings. The predicted octanol–water partition coefficient (Wildman–Crippen LogP) is 4.43. The van der Waals surface area contributed by atoms with Gasteiger partial charge in [-0.3, -0.25) is 9.59 Å². The third-order valence-electron chi connectivity index (χ3n) is 4.84. The molecule has 24 heavy (non-hydrogen) atoms. The molecule has 1 rings (SSSR count). The van der Waals surface area contributed by atoms with Crippen molar-refractivity contribution in [2.45, 2.75) is 95.3 Å². The lowest BCUT2D eigenvalue weighted by atomic mass is 9.98. The van der Waals surface area contributed by atoms with Crippen molar-refractivity contribution >= 4 is 23.5 Å². The smallest absolute Gasteiger partial charge is 0.303 e. The minimum atomic E-state index is -0.727. The number of carboxylic acids is 1. The molecule has 0 spiro atoms. The maximum absolute atomic E-state index is 12.1. The number of carbonyl (C=O) groups excluding carboxylic acids is 1. The zero-order valence-electron chi connectivity index (χ0n) is 15.0. The molecule has 0 aromatic carbocycles. The number of aliphatic hydroxyl groups is 1. The van der Waals surface area contributed by atoms with E-state index in [4.69, 9.17) is 5.11 Å². The number of unbranched alkanes of at least 4 members (excludes halogenated alkanes) is 5. The maximum atomic E-state index is 12.1. The summed E-state index contributed by atoms with van der Waals surface area (Å²) in [5.74, 6) is 0.558. The lowest BCUT2D eigenvalue weighted by Crippen LogP contribution is -2.20. The molecule has 3 atom stereocenters. The first-order valence-electron chi connectivity index (χ1n) is 9.58. The van der Waals surface area contributed by atoms with Gasteiger partial charge in [0.05, 0.1) is 6.10 Å². The summed E-state index contributed by atoms with van der Waals surface area (Å²) >= 11 is 1.79. The number of hydrogen-bond acceptors (Lipinski definition) is 4. The van der Waals surface area contributed by atoms with Gasteiger partial charge in [-0.2, -0.15) is 11.8 Å². The number of carboxylic acid groups (broad SMARTS) is 1. The fourth-order valence-electron chi connectivity index (χ4n) is 3.37. The summed E-state index contributed by atoms with van der Waals surface area (Å²) in [6, 6.07) is 0. The van der Waals surface area contributed by atoms with Crippen LogP contribution in [0, 0.1) is 5.92 Å². The predicted molar refractivity (Wildman–Crippen MR) is 99.5 cm³/mol. The Labute approximate surface area is 150 Å². The molecule has 140 valence electrons. The van der Waals surface area contributed by atoms with Crippen LogP contribution < -0.4 is 0 Å². The molecule has 4 nitrogen and oxygen atoms in total. The van der Waals surface area contributed by atoms with Crippen LogP contribution in [0.15, 0.2) is 0 Å². The molecule has 0 heterocycles. The van der Waals surface area contributed by atoms with Crippen molar-refractivity contribution < 1.29 is 19.8 Å². The molecular weight excluding hydrogens is 324 g/mol. The maximum Gasteiger partial charge on any atom is 0.303 e. The van der Waals surface area contributed by atoms with Gasteiger partial charge in [-0.1, -0.05) is 45.4 Å². The fourth-order valence-corrected chi connectivity index (χ4v) is 4.81. The van der Waals surface area contributed by atoms with Crippen LogP contribution in [-0.2, 0) is 9.59 Å². The SMILES string of the molecule is CCCCCC(O)CSC1CCC(=O)C1CCCCCCC(=O)O. The van der Waals surface area contributed by atoms with Crippen molar-refractivity contribution in [2.75, 3.05) is 5.75 Å². The van der Waals surface area contributed by atoms with Crippen LogP contribution in [0.4, 0.5) is 0 Å². The molecule has 3 unspecified atom stereocenters. The van der Waals surface area contributed by atoms with Crippen LogP contribution in [0.1, 0.15) is 84.0 Å². The van der Waals surface area contributed by atoms with E-state index in [0.29, 0.717) is 17.5 Å². The first kappa shape index (κ1) is 21.5. The Kier molecular flexibility index (Phi) is 11.4. The molecule has 1 saturated carbocycles. The molecule has 1 aliphatic carbocycles. The van der Waals surface area contributed by atoms with E-state index in [9.17, 15) is 14.7 Å². The molecule has 0 aliphatic heterocycles. The number of carbonyl (C=O) groups is 2. The molecule has 1 fully saturated rings. The minimum Gasteiger partial charge on any atom is -0.481 e. The lowest BCUT2D eigenvalue weighted by molar-refractivity contribution is -0.137. The number of Topliss-reactive ketones (excluding diaryl/α,β-unsaturated/α-hetero) is 1. The first-order chi connectivity index (χ1) is 11.5. The van der Waals surface area contributed by atoms with Gasteiger partial charge in [-0.25, -0.2) is 0 Å². The standard InChI is InChI=1S/C19H34O4S/c1-2-3-6-9-15(20)14-24-18-13-12-17(21)16(18)10-7-4-5-8-11-19(22)23/h15-16,18,20H,2-14H2,1H3,(H,22,23). The van der Waals surface area contributed by atoms with Gasteiger partial charge in [0, 0.05) is 29.8 Å². The number of ketones is 1. The van der Waals surface area contributed by atoms with E-state index < -0.39 is 5.97 Å². The van der Waals surface area contributed by atoms with Gasteiger partial charge in [0.2, 0.25) is 0 Å². The van der Waals surface area contributed by atoms with Gasteiger partial charge in [-0.15, -0.1) is 0 Å². The van der Waals surface area contributed by atoms with Gasteiger partial charge < -0.3 is 10.2 Å². The second-order valence-electron chi connectivity index (χ2n) is 6.98. The van der Waals surface area contributed by atoms with E-state index in [1.807, 2.05) is 0 Å². The zero-order chi connectivity index (χ0) is 17.8. The Bertz CT molecular complexity index is 372. The van der Waals surface area contributed by atoms with Crippen molar-refractivity contribution in [1.82, 2.24) is 0 Å². The van der Waals surface area contributed by atoms with Crippen molar-refractivity contribution in [3.8, 4) is 0 Å². The Morgan fingerprint density at radius 2 is 1.96 bits per heavy atom. The number of hydrogen-bond donors (Lipinski definition) is 2. The highest BCUT2D eigenvalue weighted by atomic mass is 32.2. The van der Waals surface area contributed by atoms with Crippen LogP contribution in [0.2, 0.25) is 0 Å². The highest BCUT2D eigenvalue weighted by Crippen LogP contribution is 2.36. The van der Waals surface area contributed by atoms with Crippen molar-refractivity contribution in [1.29, 1.82) is 0 Å². The van der Waals surface area contributed by atoms with Crippen LogP contribution in [-0.4, -0.2) is 39.1 Å². The summed E-state index contributed by atoms with van der Waals surface area (Å²) in [6.07, 6.45) is 10.6. The number of rotatable bonds is 14. The number of aliphatic carboxylic acids is 1. The van der Waals surface area contributed by atoms with E-state index >= 15 is 0 Å². The Balaban J connectivity index is 2.19. The van der Waals surface area contributed by atoms with Gasteiger partial charge in [0.1, 0.15) is 5.78 Å². The van der Waals surface area contributed by atoms with Crippen molar-refractivity contribution in [3.63, 3.8) is 0 Å². The Morgan fingerprint density at radius 3 is 2.67 bits per heavy atom. The normalized spacial score (nSPS) is 22.0.